The van der Waals surface area contributed by atoms with E-state index in [2.05, 4.69) is 5.32 Å². The Balaban J connectivity index is 2.90. The van der Waals surface area contributed by atoms with Gasteiger partial charge in [0.2, 0.25) is 15.9 Å². The molecule has 0 bridgehead atoms. The Labute approximate surface area is 129 Å². The van der Waals surface area contributed by atoms with Crippen molar-refractivity contribution in [3.05, 3.63) is 29.8 Å². The third kappa shape index (κ3) is 4.94. The summed E-state index contributed by atoms with van der Waals surface area (Å²) < 4.78 is 51.1. The SMILES string of the molecule is CC(C)(C)C(=O)NCCN(c1ccc(F)cc1F)S(C)(=O)=O. The molecule has 0 spiro atoms. The van der Waals surface area contributed by atoms with Crippen molar-refractivity contribution >= 4 is 21.6 Å². The first-order chi connectivity index (χ1) is 9.93. The van der Waals surface area contributed by atoms with Crippen LogP contribution >= 0.6 is 0 Å². The second-order valence-electron chi connectivity index (χ2n) is 5.94. The number of hydrogen-bond acceptors (Lipinski definition) is 3. The number of rotatable bonds is 5. The molecule has 0 aliphatic carbocycles. The minimum absolute atomic E-state index is 0.0139. The van der Waals surface area contributed by atoms with E-state index in [0.29, 0.717) is 6.07 Å². The quantitative estimate of drug-likeness (QED) is 0.894. The number of halogens is 2. The lowest BCUT2D eigenvalue weighted by atomic mass is 9.96. The second-order valence-corrected chi connectivity index (χ2v) is 7.84. The Kier molecular flexibility index (Phi) is 5.50. The zero-order chi connectivity index (χ0) is 17.1. The van der Waals surface area contributed by atoms with Gasteiger partial charge in [-0.2, -0.15) is 0 Å². The summed E-state index contributed by atoms with van der Waals surface area (Å²) in [4.78, 5) is 11.7. The summed E-state index contributed by atoms with van der Waals surface area (Å²) in [6, 6.07) is 2.64. The van der Waals surface area contributed by atoms with Crippen LogP contribution in [0, 0.1) is 17.0 Å². The van der Waals surface area contributed by atoms with E-state index < -0.39 is 27.1 Å². The van der Waals surface area contributed by atoms with Gasteiger partial charge in [0.15, 0.2) is 0 Å². The van der Waals surface area contributed by atoms with E-state index in [1.807, 2.05) is 0 Å². The van der Waals surface area contributed by atoms with Gasteiger partial charge in [-0.05, 0) is 12.1 Å². The number of anilines is 1. The molecule has 5 nitrogen and oxygen atoms in total. The molecule has 1 amide bonds. The largest absolute Gasteiger partial charge is 0.354 e. The number of carbonyl (C=O) groups excluding carboxylic acids is 1. The normalized spacial score (nSPS) is 12.1. The first-order valence-electron chi connectivity index (χ1n) is 6.64. The summed E-state index contributed by atoms with van der Waals surface area (Å²) in [7, 11) is -3.77. The second kappa shape index (κ2) is 6.60. The molecule has 0 aliphatic rings. The van der Waals surface area contributed by atoms with Crippen LogP contribution in [0.5, 0.6) is 0 Å². The summed E-state index contributed by atoms with van der Waals surface area (Å²) in [6.07, 6.45) is 0.918. The van der Waals surface area contributed by atoms with Gasteiger partial charge in [0.1, 0.15) is 11.6 Å². The molecule has 124 valence electrons. The van der Waals surface area contributed by atoms with E-state index in [1.165, 1.54) is 0 Å². The molecular formula is C14H20F2N2O3S. The van der Waals surface area contributed by atoms with E-state index in [4.69, 9.17) is 0 Å². The zero-order valence-corrected chi connectivity index (χ0v) is 13.8. The van der Waals surface area contributed by atoms with Crippen LogP contribution in [-0.2, 0) is 14.8 Å². The first kappa shape index (κ1) is 18.3. The summed E-state index contributed by atoms with van der Waals surface area (Å²) >= 11 is 0. The molecule has 1 aromatic carbocycles. The number of carbonyl (C=O) groups is 1. The maximum Gasteiger partial charge on any atom is 0.232 e. The fourth-order valence-electron chi connectivity index (χ4n) is 1.68. The molecule has 1 rings (SSSR count). The summed E-state index contributed by atoms with van der Waals surface area (Å²) in [5.41, 5.74) is -0.870. The highest BCUT2D eigenvalue weighted by Gasteiger charge is 2.23. The highest BCUT2D eigenvalue weighted by atomic mass is 32.2. The molecular weight excluding hydrogens is 314 g/mol. The Hall–Kier alpha value is -1.70. The van der Waals surface area contributed by atoms with E-state index in [-0.39, 0.29) is 24.7 Å². The molecule has 0 fully saturated rings. The van der Waals surface area contributed by atoms with Crippen LogP contribution in [0.1, 0.15) is 20.8 Å². The number of hydrogen-bond donors (Lipinski definition) is 1. The predicted octanol–water partition coefficient (Wildman–Crippen LogP) is 1.89. The van der Waals surface area contributed by atoms with Crippen molar-refractivity contribution in [1.82, 2.24) is 5.32 Å². The fourth-order valence-corrected chi connectivity index (χ4v) is 2.61. The molecule has 1 N–H and O–H groups in total. The van der Waals surface area contributed by atoms with Gasteiger partial charge >= 0.3 is 0 Å². The van der Waals surface area contributed by atoms with E-state index >= 15 is 0 Å². The molecule has 0 radical (unpaired) electrons. The van der Waals surface area contributed by atoms with Gasteiger partial charge in [-0.25, -0.2) is 17.2 Å². The minimum atomic E-state index is -3.77. The Bertz CT molecular complexity index is 655. The minimum Gasteiger partial charge on any atom is -0.354 e. The van der Waals surface area contributed by atoms with Crippen LogP contribution in [0.4, 0.5) is 14.5 Å². The molecule has 0 aliphatic heterocycles. The lowest BCUT2D eigenvalue weighted by Crippen LogP contribution is -2.42. The van der Waals surface area contributed by atoms with Crippen LogP contribution in [0.3, 0.4) is 0 Å². The van der Waals surface area contributed by atoms with Gasteiger partial charge in [-0.3, -0.25) is 9.10 Å². The highest BCUT2D eigenvalue weighted by Crippen LogP contribution is 2.22. The molecule has 0 heterocycles. The fraction of sp³-hybridized carbons (Fsp3) is 0.500. The average Bonchev–Trinajstić information content (AvgIpc) is 2.33. The van der Waals surface area contributed by atoms with Crippen molar-refractivity contribution < 1.29 is 22.0 Å². The zero-order valence-electron chi connectivity index (χ0n) is 13.0. The molecule has 0 atom stereocenters. The number of nitrogens with one attached hydrogen (secondary N) is 1. The molecule has 22 heavy (non-hydrogen) atoms. The van der Waals surface area contributed by atoms with E-state index in [0.717, 1.165) is 22.7 Å². The smallest absolute Gasteiger partial charge is 0.232 e. The van der Waals surface area contributed by atoms with Crippen molar-refractivity contribution in [3.63, 3.8) is 0 Å². The van der Waals surface area contributed by atoms with Crippen molar-refractivity contribution in [2.45, 2.75) is 20.8 Å². The Morgan fingerprint density at radius 1 is 1.27 bits per heavy atom. The van der Waals surface area contributed by atoms with Crippen LogP contribution < -0.4 is 9.62 Å². The van der Waals surface area contributed by atoms with Crippen molar-refractivity contribution in [2.75, 3.05) is 23.7 Å². The maximum absolute atomic E-state index is 13.8. The third-order valence-electron chi connectivity index (χ3n) is 2.86. The van der Waals surface area contributed by atoms with Crippen LogP contribution in [0.25, 0.3) is 0 Å². The lowest BCUT2D eigenvalue weighted by Gasteiger charge is -2.24. The van der Waals surface area contributed by atoms with E-state index in [9.17, 15) is 22.0 Å². The number of nitrogens with zero attached hydrogens (tertiary/aromatic N) is 1. The monoisotopic (exact) mass is 334 g/mol. The molecule has 0 aromatic heterocycles. The van der Waals surface area contributed by atoms with Gasteiger partial charge in [0.25, 0.3) is 0 Å². The molecule has 0 unspecified atom stereocenters. The van der Waals surface area contributed by atoms with Crippen LogP contribution in [-0.4, -0.2) is 33.7 Å². The lowest BCUT2D eigenvalue weighted by molar-refractivity contribution is -0.128. The van der Waals surface area contributed by atoms with Gasteiger partial charge in [-0.15, -0.1) is 0 Å². The average molecular weight is 334 g/mol. The van der Waals surface area contributed by atoms with E-state index in [1.54, 1.807) is 20.8 Å². The topological polar surface area (TPSA) is 66.5 Å². The summed E-state index contributed by atoms with van der Waals surface area (Å²) in [5.74, 6) is -2.02. The van der Waals surface area contributed by atoms with Gasteiger partial charge < -0.3 is 5.32 Å². The molecule has 0 saturated heterocycles. The van der Waals surface area contributed by atoms with Gasteiger partial charge in [0, 0.05) is 18.0 Å². The first-order valence-corrected chi connectivity index (χ1v) is 8.49. The standard InChI is InChI=1S/C14H20F2N2O3S/c1-14(2,3)13(19)17-7-8-18(22(4,20)21)12-6-5-10(15)9-11(12)16/h5-6,9H,7-8H2,1-4H3,(H,17,19). The Morgan fingerprint density at radius 3 is 2.32 bits per heavy atom. The van der Waals surface area contributed by atoms with Crippen molar-refractivity contribution in [3.8, 4) is 0 Å². The number of amides is 1. The molecule has 1 aromatic rings. The van der Waals surface area contributed by atoms with Gasteiger partial charge in [-0.1, -0.05) is 20.8 Å². The van der Waals surface area contributed by atoms with Crippen molar-refractivity contribution in [1.29, 1.82) is 0 Å². The molecule has 8 heteroatoms. The van der Waals surface area contributed by atoms with Gasteiger partial charge in [0.05, 0.1) is 18.5 Å². The molecule has 0 saturated carbocycles. The van der Waals surface area contributed by atoms with Crippen molar-refractivity contribution in [2.24, 2.45) is 5.41 Å². The summed E-state index contributed by atoms with van der Waals surface area (Å²) in [6.45, 7) is 5.02. The number of benzene rings is 1. The number of sulfonamides is 1. The summed E-state index contributed by atoms with van der Waals surface area (Å²) in [5, 5.41) is 2.58. The highest BCUT2D eigenvalue weighted by molar-refractivity contribution is 7.92. The Morgan fingerprint density at radius 2 is 1.86 bits per heavy atom. The van der Waals surface area contributed by atoms with Crippen LogP contribution in [0.2, 0.25) is 0 Å². The van der Waals surface area contributed by atoms with Crippen LogP contribution in [0.15, 0.2) is 18.2 Å². The third-order valence-corrected chi connectivity index (χ3v) is 4.04. The maximum atomic E-state index is 13.8. The predicted molar refractivity (Wildman–Crippen MR) is 81.0 cm³/mol.